The Kier molecular flexibility index (Phi) is 9.22. The van der Waals surface area contributed by atoms with E-state index < -0.39 is 0 Å². The number of ketones is 1. The summed E-state index contributed by atoms with van der Waals surface area (Å²) in [5.41, 5.74) is 2.18. The molecule has 0 aliphatic rings. The van der Waals surface area contributed by atoms with Crippen LogP contribution < -0.4 is 14.8 Å². The van der Waals surface area contributed by atoms with Crippen LogP contribution >= 0.6 is 0 Å². The first-order valence-corrected chi connectivity index (χ1v) is 10.2. The van der Waals surface area contributed by atoms with Crippen LogP contribution in [0.2, 0.25) is 0 Å². The van der Waals surface area contributed by atoms with Gasteiger partial charge in [-0.25, -0.2) is 0 Å². The van der Waals surface area contributed by atoms with Crippen molar-refractivity contribution < 1.29 is 19.1 Å². The van der Waals surface area contributed by atoms with Gasteiger partial charge in [0.2, 0.25) is 5.91 Å². The number of amides is 1. The van der Waals surface area contributed by atoms with Gasteiger partial charge in [0.1, 0.15) is 11.5 Å². The summed E-state index contributed by atoms with van der Waals surface area (Å²) in [5, 5.41) is 2.82. The Morgan fingerprint density at radius 2 is 1.72 bits per heavy atom. The summed E-state index contributed by atoms with van der Waals surface area (Å²) < 4.78 is 11.0. The molecule has 5 nitrogen and oxygen atoms in total. The highest BCUT2D eigenvalue weighted by Crippen LogP contribution is 2.22. The molecule has 0 fully saturated rings. The van der Waals surface area contributed by atoms with Gasteiger partial charge >= 0.3 is 0 Å². The zero-order chi connectivity index (χ0) is 21.1. The summed E-state index contributed by atoms with van der Waals surface area (Å²) >= 11 is 0. The Hall–Kier alpha value is -2.82. The lowest BCUT2D eigenvalue weighted by molar-refractivity contribution is -0.116. The van der Waals surface area contributed by atoms with Crippen LogP contribution in [-0.4, -0.2) is 25.4 Å². The third-order valence-corrected chi connectivity index (χ3v) is 4.64. The fourth-order valence-electron chi connectivity index (χ4n) is 2.98. The van der Waals surface area contributed by atoms with Gasteiger partial charge in [0, 0.05) is 18.5 Å². The van der Waals surface area contributed by atoms with E-state index in [9.17, 15) is 9.59 Å². The van der Waals surface area contributed by atoms with Crippen LogP contribution in [0.4, 0.5) is 5.69 Å². The van der Waals surface area contributed by atoms with E-state index in [1.165, 1.54) is 26.4 Å². The van der Waals surface area contributed by atoms with Crippen LogP contribution in [-0.2, 0) is 4.79 Å². The van der Waals surface area contributed by atoms with Crippen molar-refractivity contribution in [3.05, 3.63) is 53.6 Å². The van der Waals surface area contributed by atoms with E-state index in [4.69, 9.17) is 9.47 Å². The number of benzene rings is 2. The van der Waals surface area contributed by atoms with E-state index in [0.717, 1.165) is 17.7 Å². The molecule has 0 saturated carbocycles. The monoisotopic (exact) mass is 397 g/mol. The summed E-state index contributed by atoms with van der Waals surface area (Å²) in [6.45, 7) is 4.81. The third-order valence-electron chi connectivity index (χ3n) is 4.64. The molecule has 0 spiro atoms. The molecule has 0 aromatic heterocycles. The number of hydrogen-bond donors (Lipinski definition) is 1. The molecule has 0 atom stereocenters. The summed E-state index contributed by atoms with van der Waals surface area (Å²) in [6, 6.07) is 12.8. The molecule has 0 unspecified atom stereocenters. The van der Waals surface area contributed by atoms with E-state index in [1.807, 2.05) is 37.3 Å². The highest BCUT2D eigenvalue weighted by atomic mass is 16.5. The lowest BCUT2D eigenvalue weighted by Gasteiger charge is -2.10. The largest absolute Gasteiger partial charge is 0.496 e. The number of rotatable bonds is 12. The Morgan fingerprint density at radius 3 is 2.41 bits per heavy atom. The number of nitrogens with one attached hydrogen (secondary N) is 1. The number of anilines is 1. The first kappa shape index (κ1) is 22.5. The second-order valence-corrected chi connectivity index (χ2v) is 7.11. The van der Waals surface area contributed by atoms with Crippen molar-refractivity contribution in [2.24, 2.45) is 0 Å². The zero-order valence-corrected chi connectivity index (χ0v) is 17.6. The lowest BCUT2D eigenvalue weighted by Crippen LogP contribution is -2.14. The lowest BCUT2D eigenvalue weighted by atomic mass is 10.0. The summed E-state index contributed by atoms with van der Waals surface area (Å²) in [4.78, 5) is 24.7. The average Bonchev–Trinajstić information content (AvgIpc) is 2.73. The van der Waals surface area contributed by atoms with Gasteiger partial charge in [-0.15, -0.1) is 0 Å². The number of carbonyl (C=O) groups is 2. The van der Waals surface area contributed by atoms with Gasteiger partial charge in [-0.3, -0.25) is 9.59 Å². The minimum Gasteiger partial charge on any atom is -0.496 e. The second kappa shape index (κ2) is 11.9. The highest BCUT2D eigenvalue weighted by molar-refractivity contribution is 6.01. The van der Waals surface area contributed by atoms with E-state index in [0.29, 0.717) is 23.6 Å². The third kappa shape index (κ3) is 7.60. The molecule has 156 valence electrons. The van der Waals surface area contributed by atoms with Crippen molar-refractivity contribution in [3.63, 3.8) is 0 Å². The fraction of sp³-hybridized carbons (Fsp3) is 0.417. The van der Waals surface area contributed by atoms with Gasteiger partial charge in [0.15, 0.2) is 5.78 Å². The number of hydrogen-bond acceptors (Lipinski definition) is 4. The molecule has 1 N–H and O–H groups in total. The summed E-state index contributed by atoms with van der Waals surface area (Å²) in [6.07, 6.45) is 4.91. The smallest absolute Gasteiger partial charge is 0.224 e. The fourth-order valence-corrected chi connectivity index (χ4v) is 2.98. The van der Waals surface area contributed by atoms with Gasteiger partial charge < -0.3 is 14.8 Å². The first-order valence-electron chi connectivity index (χ1n) is 10.2. The van der Waals surface area contributed by atoms with Gasteiger partial charge in [0.05, 0.1) is 19.3 Å². The Morgan fingerprint density at radius 1 is 0.966 bits per heavy atom. The van der Waals surface area contributed by atoms with E-state index in [2.05, 4.69) is 12.2 Å². The quantitative estimate of drug-likeness (QED) is 0.376. The normalized spacial score (nSPS) is 10.4. The van der Waals surface area contributed by atoms with Crippen LogP contribution in [0.15, 0.2) is 42.5 Å². The minimum absolute atomic E-state index is 0.104. The molecule has 0 aliphatic heterocycles. The van der Waals surface area contributed by atoms with Crippen LogP contribution in [0.5, 0.6) is 11.5 Å². The van der Waals surface area contributed by atoms with E-state index in [1.54, 1.807) is 12.1 Å². The van der Waals surface area contributed by atoms with E-state index in [-0.39, 0.29) is 24.5 Å². The summed E-state index contributed by atoms with van der Waals surface area (Å²) in [7, 11) is 1.53. The van der Waals surface area contributed by atoms with Crippen LogP contribution in [0.3, 0.4) is 0 Å². The van der Waals surface area contributed by atoms with Gasteiger partial charge in [-0.1, -0.05) is 37.8 Å². The van der Waals surface area contributed by atoms with Crippen molar-refractivity contribution in [2.45, 2.75) is 52.4 Å². The molecule has 29 heavy (non-hydrogen) atoms. The number of ether oxygens (including phenoxy) is 2. The molecular weight excluding hydrogens is 366 g/mol. The number of unbranched alkanes of at least 4 members (excludes halogenated alkanes) is 3. The number of carbonyl (C=O) groups excluding carboxylic acids is 2. The molecular formula is C24H31NO4. The minimum atomic E-state index is -0.196. The van der Waals surface area contributed by atoms with Crippen molar-refractivity contribution >= 4 is 17.4 Å². The summed E-state index contributed by atoms with van der Waals surface area (Å²) in [5.74, 6) is 1.03. The standard InChI is InChI=1S/C24H31NO4/c1-4-5-6-7-16-29-20-11-9-19(10-12-20)25-24(27)15-13-22(26)21-17-18(2)8-14-23(21)28-3/h8-12,14,17H,4-7,13,15-16H2,1-3H3,(H,25,27). The molecule has 0 heterocycles. The van der Waals surface area contributed by atoms with Crippen molar-refractivity contribution in [2.75, 3.05) is 19.0 Å². The molecule has 0 saturated heterocycles. The van der Waals surface area contributed by atoms with Crippen molar-refractivity contribution in [3.8, 4) is 11.5 Å². The second-order valence-electron chi connectivity index (χ2n) is 7.11. The van der Waals surface area contributed by atoms with Gasteiger partial charge in [0.25, 0.3) is 0 Å². The van der Waals surface area contributed by atoms with Crippen molar-refractivity contribution in [1.82, 2.24) is 0 Å². The molecule has 5 heteroatoms. The molecule has 0 aliphatic carbocycles. The topological polar surface area (TPSA) is 64.6 Å². The SMILES string of the molecule is CCCCCCOc1ccc(NC(=O)CCC(=O)c2cc(C)ccc2OC)cc1. The highest BCUT2D eigenvalue weighted by Gasteiger charge is 2.14. The first-order chi connectivity index (χ1) is 14.0. The molecule has 0 radical (unpaired) electrons. The average molecular weight is 398 g/mol. The predicted octanol–water partition coefficient (Wildman–Crippen LogP) is 5.56. The molecule has 1 amide bonds. The number of aryl methyl sites for hydroxylation is 1. The molecule has 0 bridgehead atoms. The maximum atomic E-state index is 12.5. The number of methoxy groups -OCH3 is 1. The van der Waals surface area contributed by atoms with Crippen LogP contribution in [0.25, 0.3) is 0 Å². The zero-order valence-electron chi connectivity index (χ0n) is 17.6. The van der Waals surface area contributed by atoms with E-state index >= 15 is 0 Å². The predicted molar refractivity (Wildman–Crippen MR) is 116 cm³/mol. The van der Waals surface area contributed by atoms with Crippen molar-refractivity contribution in [1.29, 1.82) is 0 Å². The Balaban J connectivity index is 1.79. The maximum absolute atomic E-state index is 12.5. The van der Waals surface area contributed by atoms with Crippen LogP contribution in [0.1, 0.15) is 61.4 Å². The Labute approximate surface area is 173 Å². The number of Topliss-reactive ketones (excluding diaryl/α,β-unsaturated/α-hetero) is 1. The van der Waals surface area contributed by atoms with Gasteiger partial charge in [-0.05, 0) is 49.7 Å². The Bertz CT molecular complexity index is 799. The molecule has 2 aromatic rings. The van der Waals surface area contributed by atoms with Gasteiger partial charge in [-0.2, -0.15) is 0 Å². The molecule has 2 aromatic carbocycles. The van der Waals surface area contributed by atoms with Crippen LogP contribution in [0, 0.1) is 6.92 Å². The molecule has 2 rings (SSSR count). The maximum Gasteiger partial charge on any atom is 0.224 e.